The Morgan fingerprint density at radius 2 is 1.68 bits per heavy atom. The van der Waals surface area contributed by atoms with Gasteiger partial charge in [-0.25, -0.2) is 0 Å². The Hall–Kier alpha value is -3.46. The SMILES string of the molecule is Cc1cc(Cl)c(OCCOc2ccc(/C=C(\C#N)C(=O)N(Cc3cccc(C)c3C)C3CC3)cc2)c(Cl)c1. The number of amides is 1. The molecule has 0 radical (unpaired) electrons. The quantitative estimate of drug-likeness (QED) is 0.150. The van der Waals surface area contributed by atoms with Gasteiger partial charge in [0.15, 0.2) is 5.75 Å². The maximum absolute atomic E-state index is 13.4. The first-order valence-electron chi connectivity index (χ1n) is 12.6. The largest absolute Gasteiger partial charge is 0.490 e. The van der Waals surface area contributed by atoms with E-state index < -0.39 is 0 Å². The molecule has 0 N–H and O–H groups in total. The van der Waals surface area contributed by atoms with E-state index in [2.05, 4.69) is 32.0 Å². The second-order valence-electron chi connectivity index (χ2n) is 9.52. The van der Waals surface area contributed by atoms with Crippen molar-refractivity contribution in [3.63, 3.8) is 0 Å². The number of carbonyl (C=O) groups excluding carboxylic acids is 1. The molecule has 1 aliphatic rings. The molecule has 0 aromatic heterocycles. The third-order valence-corrected chi connectivity index (χ3v) is 7.15. The van der Waals surface area contributed by atoms with E-state index in [1.54, 1.807) is 30.3 Å². The monoisotopic (exact) mass is 548 g/mol. The molecule has 0 aliphatic heterocycles. The van der Waals surface area contributed by atoms with Crippen LogP contribution in [0.25, 0.3) is 6.08 Å². The van der Waals surface area contributed by atoms with Gasteiger partial charge in [0.05, 0.1) is 10.0 Å². The summed E-state index contributed by atoms with van der Waals surface area (Å²) in [4.78, 5) is 15.2. The van der Waals surface area contributed by atoms with Gasteiger partial charge < -0.3 is 14.4 Å². The van der Waals surface area contributed by atoms with E-state index in [0.717, 1.165) is 29.5 Å². The van der Waals surface area contributed by atoms with E-state index >= 15 is 0 Å². The molecule has 0 heterocycles. The van der Waals surface area contributed by atoms with Crippen LogP contribution in [-0.4, -0.2) is 30.1 Å². The van der Waals surface area contributed by atoms with Crippen LogP contribution in [0.2, 0.25) is 10.0 Å². The predicted molar refractivity (Wildman–Crippen MR) is 152 cm³/mol. The molecule has 1 fully saturated rings. The standard InChI is InChI=1S/C31H30Cl2N2O3/c1-20-15-28(32)30(29(33)16-20)38-14-13-37-27-11-7-23(8-12-27)17-25(18-34)31(36)35(26-9-10-26)19-24-6-4-5-21(2)22(24)3/h4-8,11-12,15-17,26H,9-10,13-14,19H2,1-3H3/b25-17+. The molecule has 0 bridgehead atoms. The number of aryl methyl sites for hydroxylation is 2. The van der Waals surface area contributed by atoms with Crippen LogP contribution >= 0.6 is 23.2 Å². The fourth-order valence-corrected chi connectivity index (χ4v) is 4.88. The van der Waals surface area contributed by atoms with Crippen LogP contribution < -0.4 is 9.47 Å². The van der Waals surface area contributed by atoms with Crippen molar-refractivity contribution in [2.75, 3.05) is 13.2 Å². The number of hydrogen-bond donors (Lipinski definition) is 0. The minimum atomic E-state index is -0.234. The van der Waals surface area contributed by atoms with Crippen molar-refractivity contribution in [3.05, 3.63) is 98.0 Å². The van der Waals surface area contributed by atoms with Crippen molar-refractivity contribution >= 4 is 35.2 Å². The number of nitrogens with zero attached hydrogens (tertiary/aromatic N) is 2. The molecular formula is C31H30Cl2N2O3. The van der Waals surface area contributed by atoms with Crippen LogP contribution in [0.1, 0.15) is 40.7 Å². The smallest absolute Gasteiger partial charge is 0.265 e. The highest BCUT2D eigenvalue weighted by Gasteiger charge is 2.34. The summed E-state index contributed by atoms with van der Waals surface area (Å²) >= 11 is 12.4. The van der Waals surface area contributed by atoms with Gasteiger partial charge >= 0.3 is 0 Å². The second kappa shape index (κ2) is 12.4. The predicted octanol–water partition coefficient (Wildman–Crippen LogP) is 7.47. The molecule has 4 rings (SSSR count). The molecule has 0 atom stereocenters. The molecule has 0 unspecified atom stereocenters. The summed E-state index contributed by atoms with van der Waals surface area (Å²) in [5.41, 5.74) is 5.31. The summed E-state index contributed by atoms with van der Waals surface area (Å²) in [6.45, 7) is 7.13. The molecule has 1 aliphatic carbocycles. The van der Waals surface area contributed by atoms with Gasteiger partial charge in [0.1, 0.15) is 30.6 Å². The zero-order chi connectivity index (χ0) is 27.2. The number of ether oxygens (including phenoxy) is 2. The maximum atomic E-state index is 13.4. The number of hydrogen-bond acceptors (Lipinski definition) is 4. The lowest BCUT2D eigenvalue weighted by molar-refractivity contribution is -0.127. The summed E-state index contributed by atoms with van der Waals surface area (Å²) < 4.78 is 11.4. The van der Waals surface area contributed by atoms with Gasteiger partial charge in [-0.05, 0) is 91.8 Å². The van der Waals surface area contributed by atoms with Crippen LogP contribution in [0.4, 0.5) is 0 Å². The zero-order valence-corrected chi connectivity index (χ0v) is 23.3. The molecule has 0 saturated heterocycles. The Kier molecular flexibility index (Phi) is 8.99. The van der Waals surface area contributed by atoms with Gasteiger partial charge in [0, 0.05) is 12.6 Å². The van der Waals surface area contributed by atoms with Crippen LogP contribution in [0.15, 0.2) is 60.2 Å². The number of nitriles is 1. The lowest BCUT2D eigenvalue weighted by Crippen LogP contribution is -2.33. The lowest BCUT2D eigenvalue weighted by Gasteiger charge is -2.23. The molecular weight excluding hydrogens is 519 g/mol. The summed E-state index contributed by atoms with van der Waals surface area (Å²) in [5, 5.41) is 10.7. The molecule has 38 heavy (non-hydrogen) atoms. The highest BCUT2D eigenvalue weighted by atomic mass is 35.5. The topological polar surface area (TPSA) is 62.6 Å². The normalized spacial score (nSPS) is 13.1. The average molecular weight is 549 g/mol. The van der Waals surface area contributed by atoms with Crippen molar-refractivity contribution in [2.24, 2.45) is 0 Å². The summed E-state index contributed by atoms with van der Waals surface area (Å²) in [7, 11) is 0. The van der Waals surface area contributed by atoms with Crippen molar-refractivity contribution in [1.82, 2.24) is 4.90 Å². The van der Waals surface area contributed by atoms with Gasteiger partial charge in [0.25, 0.3) is 5.91 Å². The minimum Gasteiger partial charge on any atom is -0.490 e. The third kappa shape index (κ3) is 6.89. The zero-order valence-electron chi connectivity index (χ0n) is 21.8. The minimum absolute atomic E-state index is 0.121. The molecule has 3 aromatic rings. The van der Waals surface area contributed by atoms with Crippen LogP contribution in [-0.2, 0) is 11.3 Å². The molecule has 0 spiro atoms. The van der Waals surface area contributed by atoms with E-state index in [-0.39, 0.29) is 24.1 Å². The van der Waals surface area contributed by atoms with Crippen molar-refractivity contribution in [1.29, 1.82) is 5.26 Å². The first-order chi connectivity index (χ1) is 18.3. The molecule has 1 saturated carbocycles. The molecule has 5 nitrogen and oxygen atoms in total. The Labute approximate surface area is 234 Å². The van der Waals surface area contributed by atoms with Crippen molar-refractivity contribution in [3.8, 4) is 17.6 Å². The van der Waals surface area contributed by atoms with Crippen molar-refractivity contribution < 1.29 is 14.3 Å². The Morgan fingerprint density at radius 1 is 1.03 bits per heavy atom. The van der Waals surface area contributed by atoms with Gasteiger partial charge in [0.2, 0.25) is 0 Å². The van der Waals surface area contributed by atoms with Gasteiger partial charge in [-0.3, -0.25) is 4.79 Å². The van der Waals surface area contributed by atoms with Crippen molar-refractivity contribution in [2.45, 2.75) is 46.2 Å². The lowest BCUT2D eigenvalue weighted by atomic mass is 10.0. The van der Waals surface area contributed by atoms with Crippen LogP contribution in [0.3, 0.4) is 0 Å². The molecule has 196 valence electrons. The fourth-order valence-electron chi connectivity index (χ4n) is 4.17. The highest BCUT2D eigenvalue weighted by molar-refractivity contribution is 6.37. The van der Waals surface area contributed by atoms with Gasteiger partial charge in [-0.15, -0.1) is 0 Å². The van der Waals surface area contributed by atoms with Crippen LogP contribution in [0, 0.1) is 32.1 Å². The average Bonchev–Trinajstić information content (AvgIpc) is 3.73. The van der Waals surface area contributed by atoms with E-state index in [9.17, 15) is 10.1 Å². The summed E-state index contributed by atoms with van der Waals surface area (Å²) in [6.07, 6.45) is 3.57. The summed E-state index contributed by atoms with van der Waals surface area (Å²) in [5.74, 6) is 0.850. The van der Waals surface area contributed by atoms with E-state index in [1.165, 1.54) is 11.1 Å². The number of rotatable bonds is 10. The second-order valence-corrected chi connectivity index (χ2v) is 10.3. The fraction of sp³-hybridized carbons (Fsp3) is 0.290. The molecule has 1 amide bonds. The maximum Gasteiger partial charge on any atom is 0.265 e. The van der Waals surface area contributed by atoms with Gasteiger partial charge in [-0.1, -0.05) is 53.5 Å². The highest BCUT2D eigenvalue weighted by Crippen LogP contribution is 2.34. The van der Waals surface area contributed by atoms with E-state index in [4.69, 9.17) is 32.7 Å². The first-order valence-corrected chi connectivity index (χ1v) is 13.3. The number of benzene rings is 3. The van der Waals surface area contributed by atoms with Gasteiger partial charge in [-0.2, -0.15) is 5.26 Å². The van der Waals surface area contributed by atoms with Crippen LogP contribution in [0.5, 0.6) is 11.5 Å². The molecule has 7 heteroatoms. The number of halogens is 2. The first kappa shape index (κ1) is 27.6. The summed E-state index contributed by atoms with van der Waals surface area (Å²) in [6, 6.07) is 19.2. The number of carbonyl (C=O) groups is 1. The molecule has 3 aromatic carbocycles. The van der Waals surface area contributed by atoms with E-state index in [0.29, 0.717) is 34.7 Å². The Bertz CT molecular complexity index is 1370. The Balaban J connectivity index is 1.37. The van der Waals surface area contributed by atoms with E-state index in [1.807, 2.05) is 30.0 Å². The Morgan fingerprint density at radius 3 is 2.32 bits per heavy atom. The third-order valence-electron chi connectivity index (χ3n) is 6.59.